The summed E-state index contributed by atoms with van der Waals surface area (Å²) in [5, 5.41) is 0. The van der Waals surface area contributed by atoms with Crippen molar-refractivity contribution in [2.45, 2.75) is 31.1 Å². The van der Waals surface area contributed by atoms with Gasteiger partial charge in [0.15, 0.2) is 0 Å². The topological polar surface area (TPSA) is 57.7 Å². The first-order valence-electron chi connectivity index (χ1n) is 9.34. The first kappa shape index (κ1) is 19.6. The SMILES string of the molecule is CCC(C(=O)N1CCN(S(=O)(=O)c2ccc(C)cc2)CC1)c1ccccc1. The molecule has 0 bridgehead atoms. The lowest BCUT2D eigenvalue weighted by molar-refractivity contribution is -0.134. The molecule has 0 aliphatic carbocycles. The summed E-state index contributed by atoms with van der Waals surface area (Å²) in [4.78, 5) is 15.1. The van der Waals surface area contributed by atoms with Crippen LogP contribution in [0.15, 0.2) is 59.5 Å². The van der Waals surface area contributed by atoms with E-state index < -0.39 is 10.0 Å². The maximum atomic E-state index is 13.0. The van der Waals surface area contributed by atoms with Crippen molar-refractivity contribution in [2.24, 2.45) is 0 Å². The first-order chi connectivity index (χ1) is 12.9. The molecule has 1 heterocycles. The highest BCUT2D eigenvalue weighted by molar-refractivity contribution is 7.89. The van der Waals surface area contributed by atoms with Crippen LogP contribution < -0.4 is 0 Å². The smallest absolute Gasteiger partial charge is 0.243 e. The van der Waals surface area contributed by atoms with Crippen molar-refractivity contribution in [3.05, 3.63) is 65.7 Å². The largest absolute Gasteiger partial charge is 0.340 e. The molecule has 1 unspecified atom stereocenters. The standard InChI is InChI=1S/C21H26N2O3S/c1-3-20(18-7-5-4-6-8-18)21(24)22-13-15-23(16-14-22)27(25,26)19-11-9-17(2)10-12-19/h4-12,20H,3,13-16H2,1-2H3. The van der Waals surface area contributed by atoms with Gasteiger partial charge < -0.3 is 4.90 Å². The third-order valence-corrected chi connectivity index (χ3v) is 7.03. The lowest BCUT2D eigenvalue weighted by Crippen LogP contribution is -2.51. The van der Waals surface area contributed by atoms with E-state index in [4.69, 9.17) is 0 Å². The van der Waals surface area contributed by atoms with Crippen LogP contribution in [0.5, 0.6) is 0 Å². The van der Waals surface area contributed by atoms with E-state index in [0.29, 0.717) is 31.1 Å². The van der Waals surface area contributed by atoms with E-state index >= 15 is 0 Å². The second-order valence-electron chi connectivity index (χ2n) is 6.91. The van der Waals surface area contributed by atoms with Gasteiger partial charge in [0.2, 0.25) is 15.9 Å². The fraction of sp³-hybridized carbons (Fsp3) is 0.381. The Morgan fingerprint density at radius 2 is 1.56 bits per heavy atom. The quantitative estimate of drug-likeness (QED) is 0.794. The number of amides is 1. The van der Waals surface area contributed by atoms with E-state index in [-0.39, 0.29) is 11.8 Å². The molecular formula is C21H26N2O3S. The zero-order chi connectivity index (χ0) is 19.4. The van der Waals surface area contributed by atoms with Crippen LogP contribution in [0.2, 0.25) is 0 Å². The number of aryl methyl sites for hydroxylation is 1. The number of sulfonamides is 1. The van der Waals surface area contributed by atoms with Gasteiger partial charge in [-0.1, -0.05) is 55.0 Å². The molecule has 1 fully saturated rings. The Bertz CT molecular complexity index is 871. The van der Waals surface area contributed by atoms with Gasteiger partial charge in [-0.3, -0.25) is 4.79 Å². The molecule has 1 aliphatic heterocycles. The van der Waals surface area contributed by atoms with Gasteiger partial charge in [0.25, 0.3) is 0 Å². The van der Waals surface area contributed by atoms with E-state index in [1.54, 1.807) is 29.2 Å². The molecule has 0 aromatic heterocycles. The summed E-state index contributed by atoms with van der Waals surface area (Å²) in [6, 6.07) is 16.7. The summed E-state index contributed by atoms with van der Waals surface area (Å²) in [6.45, 7) is 5.44. The lowest BCUT2D eigenvalue weighted by Gasteiger charge is -2.35. The normalized spacial score (nSPS) is 16.9. The predicted octanol–water partition coefficient (Wildman–Crippen LogP) is 3.02. The summed E-state index contributed by atoms with van der Waals surface area (Å²) in [7, 11) is -3.51. The maximum absolute atomic E-state index is 13.0. The number of hydrogen-bond acceptors (Lipinski definition) is 3. The second-order valence-corrected chi connectivity index (χ2v) is 8.85. The summed E-state index contributed by atoms with van der Waals surface area (Å²) in [5.41, 5.74) is 2.04. The first-order valence-corrected chi connectivity index (χ1v) is 10.8. The maximum Gasteiger partial charge on any atom is 0.243 e. The Kier molecular flexibility index (Phi) is 5.97. The Morgan fingerprint density at radius 3 is 2.11 bits per heavy atom. The average Bonchev–Trinajstić information content (AvgIpc) is 2.70. The number of hydrogen-bond donors (Lipinski definition) is 0. The van der Waals surface area contributed by atoms with Crippen LogP contribution in [0.25, 0.3) is 0 Å². The van der Waals surface area contributed by atoms with Crippen molar-refractivity contribution < 1.29 is 13.2 Å². The minimum atomic E-state index is -3.51. The Morgan fingerprint density at radius 1 is 0.963 bits per heavy atom. The zero-order valence-corrected chi connectivity index (χ0v) is 16.7. The summed E-state index contributed by atoms with van der Waals surface area (Å²) in [6.07, 6.45) is 0.727. The third kappa shape index (κ3) is 4.22. The molecule has 2 aromatic carbocycles. The Balaban J connectivity index is 1.67. The molecule has 1 amide bonds. The fourth-order valence-electron chi connectivity index (χ4n) is 3.47. The molecular weight excluding hydrogens is 360 g/mol. The molecule has 144 valence electrons. The van der Waals surface area contributed by atoms with Gasteiger partial charge >= 0.3 is 0 Å². The molecule has 0 spiro atoms. The molecule has 2 aromatic rings. The van der Waals surface area contributed by atoms with E-state index in [0.717, 1.165) is 17.5 Å². The van der Waals surface area contributed by atoms with Gasteiger partial charge in [-0.15, -0.1) is 0 Å². The third-order valence-electron chi connectivity index (χ3n) is 5.12. The van der Waals surface area contributed by atoms with Crippen molar-refractivity contribution in [2.75, 3.05) is 26.2 Å². The van der Waals surface area contributed by atoms with Gasteiger partial charge in [0.1, 0.15) is 0 Å². The number of benzene rings is 2. The van der Waals surface area contributed by atoms with Gasteiger partial charge in [0.05, 0.1) is 10.8 Å². The lowest BCUT2D eigenvalue weighted by atomic mass is 9.95. The van der Waals surface area contributed by atoms with E-state index in [1.165, 1.54) is 4.31 Å². The minimum Gasteiger partial charge on any atom is -0.340 e. The van der Waals surface area contributed by atoms with Gasteiger partial charge in [-0.2, -0.15) is 4.31 Å². The zero-order valence-electron chi connectivity index (χ0n) is 15.8. The molecule has 1 atom stereocenters. The average molecular weight is 387 g/mol. The van der Waals surface area contributed by atoms with Crippen LogP contribution >= 0.6 is 0 Å². The van der Waals surface area contributed by atoms with Crippen LogP contribution in [-0.4, -0.2) is 49.7 Å². The number of piperazine rings is 1. The van der Waals surface area contributed by atoms with E-state index in [2.05, 4.69) is 0 Å². The molecule has 3 rings (SSSR count). The molecule has 27 heavy (non-hydrogen) atoms. The van der Waals surface area contributed by atoms with Crippen LogP contribution in [0, 0.1) is 6.92 Å². The number of carbonyl (C=O) groups is 1. The van der Waals surface area contributed by atoms with Crippen LogP contribution in [0.1, 0.15) is 30.4 Å². The Hall–Kier alpha value is -2.18. The summed E-state index contributed by atoms with van der Waals surface area (Å²) >= 11 is 0. The highest BCUT2D eigenvalue weighted by Crippen LogP contribution is 2.24. The fourth-order valence-corrected chi connectivity index (χ4v) is 4.89. The van der Waals surface area contributed by atoms with Gasteiger partial charge in [-0.05, 0) is 31.0 Å². The second kappa shape index (κ2) is 8.23. The van der Waals surface area contributed by atoms with Crippen LogP contribution in [0.4, 0.5) is 0 Å². The van der Waals surface area contributed by atoms with Crippen molar-refractivity contribution >= 4 is 15.9 Å². The molecule has 0 saturated carbocycles. The van der Waals surface area contributed by atoms with E-state index in [1.807, 2.05) is 44.2 Å². The molecule has 0 radical (unpaired) electrons. The predicted molar refractivity (Wildman–Crippen MR) is 106 cm³/mol. The van der Waals surface area contributed by atoms with Gasteiger partial charge in [-0.25, -0.2) is 8.42 Å². The van der Waals surface area contributed by atoms with Crippen LogP contribution in [-0.2, 0) is 14.8 Å². The molecule has 1 aliphatic rings. The molecule has 6 heteroatoms. The highest BCUT2D eigenvalue weighted by atomic mass is 32.2. The number of carbonyl (C=O) groups excluding carboxylic acids is 1. The van der Waals surface area contributed by atoms with Crippen molar-refractivity contribution in [3.8, 4) is 0 Å². The number of rotatable bonds is 5. The van der Waals surface area contributed by atoms with Crippen LogP contribution in [0.3, 0.4) is 0 Å². The highest BCUT2D eigenvalue weighted by Gasteiger charge is 2.32. The van der Waals surface area contributed by atoms with Crippen molar-refractivity contribution in [3.63, 3.8) is 0 Å². The van der Waals surface area contributed by atoms with Crippen molar-refractivity contribution in [1.82, 2.24) is 9.21 Å². The molecule has 1 saturated heterocycles. The summed E-state index contributed by atoms with van der Waals surface area (Å²) in [5.74, 6) is -0.0949. The Labute approximate surface area is 161 Å². The minimum absolute atomic E-state index is 0.0797. The monoisotopic (exact) mass is 386 g/mol. The summed E-state index contributed by atoms with van der Waals surface area (Å²) < 4.78 is 27.1. The number of nitrogens with zero attached hydrogens (tertiary/aromatic N) is 2. The molecule has 5 nitrogen and oxygen atoms in total. The van der Waals surface area contributed by atoms with E-state index in [9.17, 15) is 13.2 Å². The van der Waals surface area contributed by atoms with Crippen molar-refractivity contribution in [1.29, 1.82) is 0 Å². The molecule has 0 N–H and O–H groups in total. The van der Waals surface area contributed by atoms with Gasteiger partial charge in [0, 0.05) is 26.2 Å².